The van der Waals surface area contributed by atoms with E-state index in [9.17, 15) is 23.1 Å². The first-order valence-electron chi connectivity index (χ1n) is 13.7. The lowest BCUT2D eigenvalue weighted by Crippen LogP contribution is -2.32. The van der Waals surface area contributed by atoms with Crippen molar-refractivity contribution in [3.8, 4) is 17.4 Å². The van der Waals surface area contributed by atoms with Gasteiger partial charge in [-0.25, -0.2) is 9.67 Å². The number of aromatic nitrogens is 3. The molecule has 1 amide bonds. The van der Waals surface area contributed by atoms with E-state index in [0.717, 1.165) is 35.2 Å². The van der Waals surface area contributed by atoms with Crippen molar-refractivity contribution in [3.63, 3.8) is 0 Å². The smallest absolute Gasteiger partial charge is 0.458 e. The molecule has 1 aliphatic heterocycles. The summed E-state index contributed by atoms with van der Waals surface area (Å²) < 4.78 is 48.0. The van der Waals surface area contributed by atoms with E-state index in [1.165, 1.54) is 47.0 Å². The topological polar surface area (TPSA) is 114 Å². The summed E-state index contributed by atoms with van der Waals surface area (Å²) in [6.45, 7) is 4.21. The highest BCUT2D eigenvalue weighted by molar-refractivity contribution is 8.15. The van der Waals surface area contributed by atoms with Crippen LogP contribution in [0, 0.1) is 6.92 Å². The summed E-state index contributed by atoms with van der Waals surface area (Å²) in [4.78, 5) is 22.8. The molecule has 0 radical (unpaired) electrons. The Morgan fingerprint density at radius 3 is 2.57 bits per heavy atom. The Morgan fingerprint density at radius 2 is 1.86 bits per heavy atom. The molecule has 1 aliphatic rings. The van der Waals surface area contributed by atoms with E-state index in [-0.39, 0.29) is 30.0 Å². The van der Waals surface area contributed by atoms with Crippen molar-refractivity contribution in [3.05, 3.63) is 89.7 Å². The third-order valence-electron chi connectivity index (χ3n) is 6.42. The second-order valence-corrected chi connectivity index (χ2v) is 10.8. The Hall–Kier alpha value is -4.56. The second kappa shape index (κ2) is 13.4. The summed E-state index contributed by atoms with van der Waals surface area (Å²) >= 11 is 1.28. The highest BCUT2D eigenvalue weighted by Gasteiger charge is 2.32. The van der Waals surface area contributed by atoms with Gasteiger partial charge in [0, 0.05) is 5.69 Å². The van der Waals surface area contributed by atoms with Gasteiger partial charge in [0.25, 0.3) is 0 Å². The van der Waals surface area contributed by atoms with Crippen molar-refractivity contribution in [2.24, 2.45) is 4.99 Å². The molecule has 0 spiro atoms. The van der Waals surface area contributed by atoms with Gasteiger partial charge < -0.3 is 19.9 Å². The molecule has 10 nitrogen and oxygen atoms in total. The van der Waals surface area contributed by atoms with Crippen LogP contribution in [0.5, 0.6) is 11.8 Å². The van der Waals surface area contributed by atoms with Crippen LogP contribution < -0.4 is 19.7 Å². The normalized spacial score (nSPS) is 15.1. The number of ether oxygens (including phenoxy) is 2. The zero-order chi connectivity index (χ0) is 31.3. The molecule has 1 unspecified atom stereocenters. The van der Waals surface area contributed by atoms with Gasteiger partial charge in [0.15, 0.2) is 5.17 Å². The molecule has 0 saturated carbocycles. The van der Waals surface area contributed by atoms with Crippen LogP contribution in [0.1, 0.15) is 30.0 Å². The number of rotatable bonds is 11. The monoisotopic (exact) mass is 626 g/mol. The van der Waals surface area contributed by atoms with Gasteiger partial charge in [-0.15, -0.1) is 18.3 Å². The molecular weight excluding hydrogens is 597 g/mol. The first-order valence-corrected chi connectivity index (χ1v) is 14.6. The third-order valence-corrected chi connectivity index (χ3v) is 7.36. The second-order valence-electron chi connectivity index (χ2n) is 9.83. The predicted molar refractivity (Wildman–Crippen MR) is 161 cm³/mol. The third kappa shape index (κ3) is 7.88. The van der Waals surface area contributed by atoms with E-state index < -0.39 is 12.7 Å². The van der Waals surface area contributed by atoms with Gasteiger partial charge in [0.2, 0.25) is 12.3 Å². The number of nitrogens with one attached hydrogen (secondary N) is 1. The lowest BCUT2D eigenvalue weighted by molar-refractivity contribution is -0.274. The van der Waals surface area contributed by atoms with Gasteiger partial charge >= 0.3 is 12.4 Å². The Morgan fingerprint density at radius 1 is 1.11 bits per heavy atom. The van der Waals surface area contributed by atoms with Crippen LogP contribution in [-0.4, -0.2) is 49.4 Å². The van der Waals surface area contributed by atoms with Gasteiger partial charge in [-0.05, 0) is 72.5 Å². The maximum absolute atomic E-state index is 12.8. The number of aliphatic hydroxyl groups excluding tert-OH is 1. The standard InChI is InChI=1S/C30H29F3N6O4S/c1-3-4-21-8-5-19(2)15-25(21)39-26(40)17-44-29(39)36-27(41)35-22-9-6-20(7-10-22)16-42-28-34-18-38(37-28)23-11-13-24(14-12-23)43-30(31,32)33/h5-15,18,27,35,41H,3-4,16-17H2,1-2H3. The van der Waals surface area contributed by atoms with E-state index in [1.54, 1.807) is 29.2 Å². The number of amidine groups is 1. The number of carbonyl (C=O) groups excluding carboxylic acids is 1. The van der Waals surface area contributed by atoms with E-state index in [4.69, 9.17) is 4.74 Å². The quantitative estimate of drug-likeness (QED) is 0.200. The van der Waals surface area contributed by atoms with Gasteiger partial charge in [-0.1, -0.05) is 49.4 Å². The molecule has 5 rings (SSSR count). The predicted octanol–water partition coefficient (Wildman–Crippen LogP) is 5.83. The number of nitrogens with zero attached hydrogens (tertiary/aromatic N) is 5. The summed E-state index contributed by atoms with van der Waals surface area (Å²) in [6, 6.07) is 18.4. The summed E-state index contributed by atoms with van der Waals surface area (Å²) in [5.41, 5.74) is 4.76. The van der Waals surface area contributed by atoms with Gasteiger partial charge in [-0.3, -0.25) is 9.69 Å². The number of aliphatic hydroxyl groups is 1. The summed E-state index contributed by atoms with van der Waals surface area (Å²) in [5, 5.41) is 18.2. The van der Waals surface area contributed by atoms with E-state index >= 15 is 0 Å². The Labute approximate surface area is 255 Å². The van der Waals surface area contributed by atoms with Crippen molar-refractivity contribution < 1.29 is 32.5 Å². The molecular formula is C30H29F3N6O4S. The highest BCUT2D eigenvalue weighted by Crippen LogP contribution is 2.32. The Balaban J connectivity index is 1.17. The number of aryl methyl sites for hydroxylation is 2. The molecule has 230 valence electrons. The molecule has 4 aromatic rings. The number of carbonyl (C=O) groups is 1. The summed E-state index contributed by atoms with van der Waals surface area (Å²) in [7, 11) is 0. The zero-order valence-corrected chi connectivity index (χ0v) is 24.6. The van der Waals surface area contributed by atoms with Crippen LogP contribution in [0.3, 0.4) is 0 Å². The molecule has 3 aromatic carbocycles. The number of thioether (sulfide) groups is 1. The molecule has 44 heavy (non-hydrogen) atoms. The number of alkyl halides is 3. The Kier molecular flexibility index (Phi) is 9.40. The van der Waals surface area contributed by atoms with Crippen LogP contribution in [0.4, 0.5) is 24.5 Å². The van der Waals surface area contributed by atoms with Crippen LogP contribution in [0.25, 0.3) is 5.69 Å². The molecule has 1 fully saturated rings. The minimum Gasteiger partial charge on any atom is -0.458 e. The number of benzene rings is 3. The van der Waals surface area contributed by atoms with Crippen LogP contribution in [0.15, 0.2) is 78.0 Å². The Bertz CT molecular complexity index is 1630. The van der Waals surface area contributed by atoms with Crippen molar-refractivity contribution in [2.45, 2.75) is 46.0 Å². The fraction of sp³-hybridized carbons (Fsp3) is 0.267. The fourth-order valence-electron chi connectivity index (χ4n) is 4.43. The number of amides is 1. The van der Waals surface area contributed by atoms with Gasteiger partial charge in [-0.2, -0.15) is 4.98 Å². The lowest BCUT2D eigenvalue weighted by atomic mass is 10.0. The largest absolute Gasteiger partial charge is 0.573 e. The molecule has 1 saturated heterocycles. The summed E-state index contributed by atoms with van der Waals surface area (Å²) in [6.07, 6.45) is -2.91. The number of aliphatic imine (C=N–C) groups is 1. The number of halogens is 3. The van der Waals surface area contributed by atoms with E-state index in [0.29, 0.717) is 16.5 Å². The zero-order valence-electron chi connectivity index (χ0n) is 23.8. The van der Waals surface area contributed by atoms with E-state index in [1.807, 2.05) is 25.1 Å². The first kappa shape index (κ1) is 30.9. The molecule has 0 bridgehead atoms. The molecule has 1 aromatic heterocycles. The van der Waals surface area contributed by atoms with Crippen LogP contribution in [-0.2, 0) is 17.8 Å². The lowest BCUT2D eigenvalue weighted by Gasteiger charge is -2.21. The average Bonchev–Trinajstić information content (AvgIpc) is 3.60. The fourth-order valence-corrected chi connectivity index (χ4v) is 5.31. The van der Waals surface area contributed by atoms with Crippen molar-refractivity contribution >= 4 is 34.2 Å². The van der Waals surface area contributed by atoms with Crippen LogP contribution in [0.2, 0.25) is 0 Å². The minimum atomic E-state index is -4.77. The maximum Gasteiger partial charge on any atom is 0.573 e. The molecule has 0 aliphatic carbocycles. The molecule has 1 atom stereocenters. The number of anilines is 2. The van der Waals surface area contributed by atoms with Gasteiger partial charge in [0.1, 0.15) is 18.7 Å². The SMILES string of the molecule is CCCc1ccc(C)cc1N1C(=O)CSC1=NC(O)Nc1ccc(COc2ncn(-c3ccc(OC(F)(F)F)cc3)n2)cc1. The van der Waals surface area contributed by atoms with E-state index in [2.05, 4.69) is 32.1 Å². The molecule has 2 N–H and O–H groups in total. The van der Waals surface area contributed by atoms with Gasteiger partial charge in [0.05, 0.1) is 17.1 Å². The minimum absolute atomic E-state index is 0.0814. The first-order chi connectivity index (χ1) is 21.1. The summed E-state index contributed by atoms with van der Waals surface area (Å²) in [5.74, 6) is -0.176. The molecule has 2 heterocycles. The highest BCUT2D eigenvalue weighted by atomic mass is 32.2. The van der Waals surface area contributed by atoms with Crippen molar-refractivity contribution in [1.82, 2.24) is 14.8 Å². The van der Waals surface area contributed by atoms with Crippen molar-refractivity contribution in [1.29, 1.82) is 0 Å². The van der Waals surface area contributed by atoms with Crippen molar-refractivity contribution in [2.75, 3.05) is 16.0 Å². The molecule has 14 heteroatoms. The number of hydrogen-bond acceptors (Lipinski definition) is 9. The maximum atomic E-state index is 12.8. The number of hydrogen-bond donors (Lipinski definition) is 2. The average molecular weight is 627 g/mol. The van der Waals surface area contributed by atoms with Crippen LogP contribution >= 0.6 is 11.8 Å².